The molecule has 6 rings (SSSR count). The van der Waals surface area contributed by atoms with Crippen LogP contribution >= 0.6 is 0 Å². The lowest BCUT2D eigenvalue weighted by atomic mass is 9.76. The van der Waals surface area contributed by atoms with Gasteiger partial charge in [0.1, 0.15) is 0 Å². The summed E-state index contributed by atoms with van der Waals surface area (Å²) in [6.07, 6.45) is 4.74. The molecule has 1 aliphatic heterocycles. The van der Waals surface area contributed by atoms with Gasteiger partial charge in [0.05, 0.1) is 29.8 Å². The zero-order valence-electron chi connectivity index (χ0n) is 22.2. The summed E-state index contributed by atoms with van der Waals surface area (Å²) >= 11 is 0. The van der Waals surface area contributed by atoms with E-state index < -0.39 is 17.7 Å². The van der Waals surface area contributed by atoms with E-state index in [-0.39, 0.29) is 23.7 Å². The number of hydrogen-bond donors (Lipinski definition) is 1. The first-order valence-electron chi connectivity index (χ1n) is 13.9. The molecule has 2 aromatic heterocycles. The van der Waals surface area contributed by atoms with Crippen molar-refractivity contribution in [3.8, 4) is 5.69 Å². The van der Waals surface area contributed by atoms with Crippen LogP contribution in [0.25, 0.3) is 27.5 Å². The summed E-state index contributed by atoms with van der Waals surface area (Å²) in [6.45, 7) is 3.34. The molecule has 1 saturated carbocycles. The van der Waals surface area contributed by atoms with Gasteiger partial charge in [-0.3, -0.25) is 4.79 Å². The van der Waals surface area contributed by atoms with Crippen LogP contribution in [0.2, 0.25) is 0 Å². The van der Waals surface area contributed by atoms with Crippen LogP contribution in [0, 0.1) is 17.6 Å². The van der Waals surface area contributed by atoms with Crippen LogP contribution in [0.1, 0.15) is 68.5 Å². The number of hydrogen-bond acceptors (Lipinski definition) is 5. The van der Waals surface area contributed by atoms with E-state index in [0.717, 1.165) is 58.6 Å². The van der Waals surface area contributed by atoms with E-state index in [9.17, 15) is 23.5 Å². The molecule has 0 spiro atoms. The van der Waals surface area contributed by atoms with Gasteiger partial charge >= 0.3 is 12.1 Å². The topological polar surface area (TPSA) is 95.6 Å². The summed E-state index contributed by atoms with van der Waals surface area (Å²) in [7, 11) is 0. The number of fused-ring (bicyclic) bond motifs is 2. The Kier molecular flexibility index (Phi) is 7.04. The molecule has 40 heavy (non-hydrogen) atoms. The number of benzene rings is 2. The van der Waals surface area contributed by atoms with Gasteiger partial charge in [-0.1, -0.05) is 0 Å². The summed E-state index contributed by atoms with van der Waals surface area (Å²) in [6, 6.07) is 7.67. The van der Waals surface area contributed by atoms with Gasteiger partial charge in [0, 0.05) is 47.4 Å². The number of esters is 1. The molecule has 0 radical (unpaired) electrons. The molecule has 1 aliphatic carbocycles. The summed E-state index contributed by atoms with van der Waals surface area (Å²) in [5.74, 6) is -1.98. The molecule has 1 N–H and O–H groups in total. The summed E-state index contributed by atoms with van der Waals surface area (Å²) in [5, 5.41) is 15.3. The Morgan fingerprint density at radius 2 is 1.75 bits per heavy atom. The van der Waals surface area contributed by atoms with Crippen molar-refractivity contribution < 1.29 is 33.0 Å². The highest BCUT2D eigenvalue weighted by atomic mass is 19.2. The van der Waals surface area contributed by atoms with E-state index >= 15 is 0 Å². The van der Waals surface area contributed by atoms with Crippen LogP contribution in [-0.2, 0) is 14.3 Å². The van der Waals surface area contributed by atoms with E-state index in [2.05, 4.69) is 5.10 Å². The van der Waals surface area contributed by atoms with Crippen LogP contribution < -0.4 is 0 Å². The highest BCUT2D eigenvalue weighted by Gasteiger charge is 2.35. The molecule has 2 fully saturated rings. The molecule has 0 unspecified atom stereocenters. The molecule has 8 nitrogen and oxygen atoms in total. The molecule has 3 heterocycles. The molecule has 1 saturated heterocycles. The van der Waals surface area contributed by atoms with Gasteiger partial charge in [0.25, 0.3) is 0 Å². The average Bonchev–Trinajstić information content (AvgIpc) is 3.53. The lowest BCUT2D eigenvalue weighted by Crippen LogP contribution is -2.24. The Labute approximate surface area is 229 Å². The molecule has 0 bridgehead atoms. The fraction of sp³-hybridized carbons (Fsp3) is 0.433. The second-order valence-corrected chi connectivity index (χ2v) is 10.7. The molecule has 2 aliphatic rings. The van der Waals surface area contributed by atoms with Crippen LogP contribution in [0.4, 0.5) is 13.6 Å². The Morgan fingerprint density at radius 1 is 1.00 bits per heavy atom. The number of rotatable bonds is 5. The fourth-order valence-electron chi connectivity index (χ4n) is 6.59. The van der Waals surface area contributed by atoms with Crippen molar-refractivity contribution in [1.82, 2.24) is 14.3 Å². The molecule has 0 atom stereocenters. The zero-order valence-corrected chi connectivity index (χ0v) is 22.2. The van der Waals surface area contributed by atoms with Gasteiger partial charge < -0.3 is 19.1 Å². The first kappa shape index (κ1) is 26.4. The van der Waals surface area contributed by atoms with Crippen molar-refractivity contribution in [3.05, 3.63) is 59.4 Å². The van der Waals surface area contributed by atoms with Gasteiger partial charge in [0.15, 0.2) is 11.6 Å². The maximum absolute atomic E-state index is 14.6. The van der Waals surface area contributed by atoms with Crippen molar-refractivity contribution in [3.63, 3.8) is 0 Å². The first-order chi connectivity index (χ1) is 19.4. The first-order valence-corrected chi connectivity index (χ1v) is 13.9. The average molecular weight is 552 g/mol. The Balaban J connectivity index is 1.59. The largest absolute Gasteiger partial charge is 0.466 e. The van der Waals surface area contributed by atoms with Gasteiger partial charge in [0.2, 0.25) is 0 Å². The number of carbonyl (C=O) groups is 2. The monoisotopic (exact) mass is 551 g/mol. The number of aromatic nitrogens is 3. The van der Waals surface area contributed by atoms with E-state index in [4.69, 9.17) is 9.47 Å². The van der Waals surface area contributed by atoms with Gasteiger partial charge in [-0.2, -0.15) is 9.78 Å². The maximum Gasteiger partial charge on any atom is 0.432 e. The molecule has 2 aromatic carbocycles. The number of ether oxygens (including phenoxy) is 2. The second-order valence-electron chi connectivity index (χ2n) is 10.7. The molecule has 210 valence electrons. The van der Waals surface area contributed by atoms with Crippen LogP contribution in [0.5, 0.6) is 0 Å². The fourth-order valence-corrected chi connectivity index (χ4v) is 6.59. The third-order valence-electron chi connectivity index (χ3n) is 8.44. The Hall–Kier alpha value is -3.79. The Morgan fingerprint density at radius 3 is 2.42 bits per heavy atom. The normalized spacial score (nSPS) is 20.3. The van der Waals surface area contributed by atoms with Gasteiger partial charge in [-0.25, -0.2) is 13.6 Å². The van der Waals surface area contributed by atoms with Crippen LogP contribution in [-0.4, -0.2) is 51.3 Å². The molecule has 0 amide bonds. The standard InChI is InChI=1S/C30H31F2N3O5/c1-2-40-29(36)19-5-3-17(4-6-19)27-22-15-25-20(16-33-35(25)30(37)38)13-26(22)34(21-7-8-23(31)24(32)14-21)28(27)18-9-11-39-12-10-18/h7-8,13-19H,2-6,9-12H2,1H3,(H,37,38). The lowest BCUT2D eigenvalue weighted by Gasteiger charge is -2.31. The summed E-state index contributed by atoms with van der Waals surface area (Å²) < 4.78 is 42.5. The molecule has 10 heteroatoms. The molecule has 4 aromatic rings. The van der Waals surface area contributed by atoms with E-state index in [0.29, 0.717) is 49.3 Å². The predicted molar refractivity (Wildman–Crippen MR) is 144 cm³/mol. The number of carboxylic acid groups (broad SMARTS) is 1. The predicted octanol–water partition coefficient (Wildman–Crippen LogP) is 6.52. The van der Waals surface area contributed by atoms with Crippen molar-refractivity contribution >= 4 is 33.9 Å². The third kappa shape index (κ3) is 4.54. The quantitative estimate of drug-likeness (QED) is 0.284. The van der Waals surface area contributed by atoms with E-state index in [1.165, 1.54) is 12.3 Å². The van der Waals surface area contributed by atoms with Gasteiger partial charge in [-0.15, -0.1) is 0 Å². The van der Waals surface area contributed by atoms with Crippen LogP contribution in [0.15, 0.2) is 36.5 Å². The highest BCUT2D eigenvalue weighted by Crippen LogP contribution is 2.47. The number of nitrogens with zero attached hydrogens (tertiary/aromatic N) is 3. The van der Waals surface area contributed by atoms with Crippen molar-refractivity contribution in [2.45, 2.75) is 57.3 Å². The van der Waals surface area contributed by atoms with E-state index in [1.807, 2.05) is 16.7 Å². The zero-order chi connectivity index (χ0) is 28.0. The smallest absolute Gasteiger partial charge is 0.432 e. The molecular weight excluding hydrogens is 520 g/mol. The summed E-state index contributed by atoms with van der Waals surface area (Å²) in [4.78, 5) is 24.4. The number of carbonyl (C=O) groups excluding carboxylic acids is 1. The van der Waals surface area contributed by atoms with Crippen LogP contribution in [0.3, 0.4) is 0 Å². The minimum Gasteiger partial charge on any atom is -0.466 e. The minimum absolute atomic E-state index is 0.0937. The van der Waals surface area contributed by atoms with Gasteiger partial charge in [-0.05, 0) is 81.2 Å². The van der Waals surface area contributed by atoms with Crippen molar-refractivity contribution in [2.24, 2.45) is 5.92 Å². The minimum atomic E-state index is -1.18. The second kappa shape index (κ2) is 10.6. The Bertz CT molecular complexity index is 1600. The van der Waals surface area contributed by atoms with E-state index in [1.54, 1.807) is 13.0 Å². The SMILES string of the molecule is CCOC(=O)C1CCC(c2c(C3CCOCC3)n(-c3ccc(F)c(F)c3)c3cc4cnn(C(=O)O)c4cc23)CC1. The maximum atomic E-state index is 14.6. The van der Waals surface area contributed by atoms with Crippen molar-refractivity contribution in [1.29, 1.82) is 0 Å². The highest BCUT2D eigenvalue weighted by molar-refractivity contribution is 6.01. The third-order valence-corrected chi connectivity index (χ3v) is 8.44. The molecular formula is C30H31F2N3O5. The summed E-state index contributed by atoms with van der Waals surface area (Å²) in [5.41, 5.74) is 3.84. The lowest BCUT2D eigenvalue weighted by molar-refractivity contribution is -0.149. The number of halogens is 2. The van der Waals surface area contributed by atoms with Crippen molar-refractivity contribution in [2.75, 3.05) is 19.8 Å².